The van der Waals surface area contributed by atoms with Crippen LogP contribution in [0.4, 0.5) is 10.1 Å². The number of nitro groups is 1. The van der Waals surface area contributed by atoms with Gasteiger partial charge in [-0.2, -0.15) is 5.10 Å². The summed E-state index contributed by atoms with van der Waals surface area (Å²) in [5.74, 6) is -0.866. The average Bonchev–Trinajstić information content (AvgIpc) is 3.21. The number of methoxy groups -OCH3 is 1. The molecule has 0 aliphatic heterocycles. The van der Waals surface area contributed by atoms with Crippen molar-refractivity contribution in [2.75, 3.05) is 14.2 Å². The molecule has 1 aromatic heterocycles. The van der Waals surface area contributed by atoms with Crippen molar-refractivity contribution in [1.82, 2.24) is 19.7 Å². The smallest absolute Gasteiger partial charge is 0.295 e. The molecule has 2 aromatic carbocycles. The van der Waals surface area contributed by atoms with E-state index >= 15 is 0 Å². The van der Waals surface area contributed by atoms with Crippen LogP contribution < -0.4 is 4.74 Å². The summed E-state index contributed by atoms with van der Waals surface area (Å²) in [5.41, 5.74) is 0.606. The van der Waals surface area contributed by atoms with Crippen molar-refractivity contribution in [1.29, 1.82) is 0 Å². The first-order valence-electron chi connectivity index (χ1n) is 8.12. The van der Waals surface area contributed by atoms with E-state index in [1.54, 1.807) is 6.07 Å². The van der Waals surface area contributed by atoms with E-state index in [2.05, 4.69) is 10.1 Å². The van der Waals surface area contributed by atoms with Gasteiger partial charge in [0.25, 0.3) is 11.6 Å². The molecule has 0 spiro atoms. The van der Waals surface area contributed by atoms with Crippen LogP contribution in [0.25, 0.3) is 5.69 Å². The fraction of sp³-hybridized carbons (Fsp3) is 0.167. The molecule has 0 saturated heterocycles. The number of carbonyl (C=O) groups is 1. The zero-order valence-corrected chi connectivity index (χ0v) is 15.1. The van der Waals surface area contributed by atoms with Crippen molar-refractivity contribution in [3.63, 3.8) is 0 Å². The van der Waals surface area contributed by atoms with E-state index in [-0.39, 0.29) is 29.2 Å². The summed E-state index contributed by atoms with van der Waals surface area (Å²) in [5, 5.41) is 15.3. The number of hydrogen-bond donors (Lipinski definition) is 0. The Morgan fingerprint density at radius 3 is 2.71 bits per heavy atom. The number of nitro benzene ring substituents is 1. The molecule has 0 aliphatic rings. The first-order valence-corrected chi connectivity index (χ1v) is 8.12. The molecule has 0 fully saturated rings. The third-order valence-corrected chi connectivity index (χ3v) is 4.07. The number of halogens is 1. The number of ether oxygens (including phenoxy) is 1. The Balaban J connectivity index is 1.84. The average molecular weight is 385 g/mol. The van der Waals surface area contributed by atoms with Crippen LogP contribution in [0.3, 0.4) is 0 Å². The van der Waals surface area contributed by atoms with Crippen molar-refractivity contribution in [3.05, 3.63) is 76.1 Å². The maximum Gasteiger partial charge on any atom is 0.295 e. The molecule has 0 unspecified atom stereocenters. The zero-order chi connectivity index (χ0) is 20.3. The number of rotatable bonds is 6. The van der Waals surface area contributed by atoms with Crippen LogP contribution in [0.1, 0.15) is 15.9 Å². The van der Waals surface area contributed by atoms with E-state index in [1.165, 1.54) is 66.7 Å². The molecule has 3 rings (SSSR count). The SMILES string of the molecule is COc1ccc(CN(C)C(=O)c2ccc(-n3cncn3)c([N+](=O)[O-])c2)cc1F. The lowest BCUT2D eigenvalue weighted by Gasteiger charge is -2.18. The Morgan fingerprint density at radius 2 is 2.11 bits per heavy atom. The van der Waals surface area contributed by atoms with Crippen molar-refractivity contribution in [3.8, 4) is 11.4 Å². The Bertz CT molecular complexity index is 1020. The summed E-state index contributed by atoms with van der Waals surface area (Å²) in [6, 6.07) is 8.48. The highest BCUT2D eigenvalue weighted by Gasteiger charge is 2.21. The molecule has 0 bridgehead atoms. The largest absolute Gasteiger partial charge is 0.494 e. The van der Waals surface area contributed by atoms with Crippen LogP contribution >= 0.6 is 0 Å². The van der Waals surface area contributed by atoms with Gasteiger partial charge in [-0.1, -0.05) is 6.07 Å². The van der Waals surface area contributed by atoms with Crippen molar-refractivity contribution >= 4 is 11.6 Å². The van der Waals surface area contributed by atoms with Gasteiger partial charge in [-0.3, -0.25) is 14.9 Å². The molecule has 144 valence electrons. The van der Waals surface area contributed by atoms with Crippen LogP contribution in [0, 0.1) is 15.9 Å². The molecule has 3 aromatic rings. The third kappa shape index (κ3) is 3.80. The molecule has 0 radical (unpaired) electrons. The quantitative estimate of drug-likeness (QED) is 0.477. The Morgan fingerprint density at radius 1 is 1.32 bits per heavy atom. The predicted molar refractivity (Wildman–Crippen MR) is 96.8 cm³/mol. The summed E-state index contributed by atoms with van der Waals surface area (Å²) < 4.78 is 19.9. The number of amides is 1. The molecule has 28 heavy (non-hydrogen) atoms. The number of carbonyl (C=O) groups excluding carboxylic acids is 1. The third-order valence-electron chi connectivity index (χ3n) is 4.07. The predicted octanol–water partition coefficient (Wildman–Crippen LogP) is 2.60. The minimum absolute atomic E-state index is 0.108. The molecule has 0 N–H and O–H groups in total. The standard InChI is InChI=1S/C18H16FN5O4/c1-22(9-12-3-6-17(28-2)14(19)7-12)18(25)13-4-5-15(16(8-13)24(26)27)23-11-20-10-21-23/h3-8,10-11H,9H2,1-2H3. The summed E-state index contributed by atoms with van der Waals surface area (Å²) in [6.45, 7) is 0.123. The van der Waals surface area contributed by atoms with Gasteiger partial charge in [0.15, 0.2) is 11.6 Å². The molecule has 1 amide bonds. The number of benzene rings is 2. The van der Waals surface area contributed by atoms with Crippen LogP contribution in [-0.2, 0) is 6.54 Å². The first-order chi connectivity index (χ1) is 13.4. The van der Waals surface area contributed by atoms with Crippen LogP contribution in [0.15, 0.2) is 49.1 Å². The van der Waals surface area contributed by atoms with Gasteiger partial charge in [0, 0.05) is 25.2 Å². The molecular formula is C18H16FN5O4. The topological polar surface area (TPSA) is 103 Å². The maximum absolute atomic E-state index is 13.8. The van der Waals surface area contributed by atoms with E-state index in [9.17, 15) is 19.3 Å². The highest BCUT2D eigenvalue weighted by atomic mass is 19.1. The molecule has 10 heteroatoms. The number of nitrogens with zero attached hydrogens (tertiary/aromatic N) is 5. The van der Waals surface area contributed by atoms with Gasteiger partial charge < -0.3 is 9.64 Å². The van der Waals surface area contributed by atoms with E-state index in [0.717, 1.165) is 0 Å². The van der Waals surface area contributed by atoms with E-state index in [4.69, 9.17) is 4.74 Å². The van der Waals surface area contributed by atoms with Crippen molar-refractivity contribution < 1.29 is 18.8 Å². The summed E-state index contributed by atoms with van der Waals surface area (Å²) in [4.78, 5) is 28.6. The lowest BCUT2D eigenvalue weighted by atomic mass is 10.1. The number of hydrogen-bond acceptors (Lipinski definition) is 6. The molecule has 0 aliphatic carbocycles. The van der Waals surface area contributed by atoms with Crippen LogP contribution in [-0.4, -0.2) is 44.7 Å². The minimum atomic E-state index is -0.591. The normalized spacial score (nSPS) is 10.5. The summed E-state index contributed by atoms with van der Waals surface area (Å²) in [6.07, 6.45) is 2.58. The summed E-state index contributed by atoms with van der Waals surface area (Å²) >= 11 is 0. The second-order valence-electron chi connectivity index (χ2n) is 5.93. The van der Waals surface area contributed by atoms with Gasteiger partial charge >= 0.3 is 0 Å². The lowest BCUT2D eigenvalue weighted by Crippen LogP contribution is -2.26. The van der Waals surface area contributed by atoms with E-state index in [0.29, 0.717) is 5.56 Å². The fourth-order valence-corrected chi connectivity index (χ4v) is 2.70. The highest BCUT2D eigenvalue weighted by molar-refractivity contribution is 5.95. The molecule has 1 heterocycles. The maximum atomic E-state index is 13.8. The summed E-state index contributed by atoms with van der Waals surface area (Å²) in [7, 11) is 2.89. The van der Waals surface area contributed by atoms with E-state index in [1.807, 2.05) is 0 Å². The minimum Gasteiger partial charge on any atom is -0.494 e. The van der Waals surface area contributed by atoms with Gasteiger partial charge in [0.05, 0.1) is 12.0 Å². The molecule has 0 atom stereocenters. The Labute approximate surface area is 159 Å². The van der Waals surface area contributed by atoms with Crippen LogP contribution in [0.2, 0.25) is 0 Å². The zero-order valence-electron chi connectivity index (χ0n) is 15.1. The van der Waals surface area contributed by atoms with Gasteiger partial charge in [-0.15, -0.1) is 0 Å². The Kier molecular flexibility index (Phi) is 5.30. The van der Waals surface area contributed by atoms with Gasteiger partial charge in [-0.05, 0) is 29.8 Å². The highest BCUT2D eigenvalue weighted by Crippen LogP contribution is 2.25. The first kappa shape index (κ1) is 19.0. The van der Waals surface area contributed by atoms with Crippen molar-refractivity contribution in [2.45, 2.75) is 6.54 Å². The monoisotopic (exact) mass is 385 g/mol. The molecule has 9 nitrogen and oxygen atoms in total. The van der Waals surface area contributed by atoms with Crippen molar-refractivity contribution in [2.24, 2.45) is 0 Å². The van der Waals surface area contributed by atoms with E-state index < -0.39 is 16.6 Å². The second kappa shape index (κ2) is 7.82. The Hall–Kier alpha value is -3.82. The van der Waals surface area contributed by atoms with Crippen LogP contribution in [0.5, 0.6) is 5.75 Å². The lowest BCUT2D eigenvalue weighted by molar-refractivity contribution is -0.384. The molecule has 0 saturated carbocycles. The fourth-order valence-electron chi connectivity index (χ4n) is 2.70. The molecular weight excluding hydrogens is 369 g/mol. The van der Waals surface area contributed by atoms with Gasteiger partial charge in [-0.25, -0.2) is 14.1 Å². The second-order valence-corrected chi connectivity index (χ2v) is 5.93. The number of aromatic nitrogens is 3. The van der Waals surface area contributed by atoms with Gasteiger partial charge in [0.1, 0.15) is 18.3 Å². The van der Waals surface area contributed by atoms with Gasteiger partial charge in [0.2, 0.25) is 0 Å².